The molecule has 2 heterocycles. The Kier molecular flexibility index (Phi) is 7.33. The first-order chi connectivity index (χ1) is 17.5. The summed E-state index contributed by atoms with van der Waals surface area (Å²) in [5.74, 6) is 1.00. The quantitative estimate of drug-likeness (QED) is 0.294. The van der Waals surface area contributed by atoms with E-state index in [-0.39, 0.29) is 24.5 Å². The summed E-state index contributed by atoms with van der Waals surface area (Å²) in [5.41, 5.74) is 2.70. The summed E-state index contributed by atoms with van der Waals surface area (Å²) in [6, 6.07) is 17.3. The molecule has 1 amide bonds. The van der Waals surface area contributed by atoms with Gasteiger partial charge in [0.15, 0.2) is 5.65 Å². The average Bonchev–Trinajstić information content (AvgIpc) is 3.25. The molecule has 0 saturated carbocycles. The standard InChI is InChI=1S/C28H32FN5O3/c1-18(33(27(35)36)28(3,4)5)17-37-23-11-9-20(10-12-23)24-16-30-26-14-13-25(32-34(24)26)31-19(2)21-7-6-8-22(29)15-21/h6-16,18-19H,17H2,1-5H3,(H,31,32)(H,35,36)/t18-,19-/m1/s1. The predicted molar refractivity (Wildman–Crippen MR) is 141 cm³/mol. The van der Waals surface area contributed by atoms with Crippen LogP contribution in [0.4, 0.5) is 15.0 Å². The molecule has 8 nitrogen and oxygen atoms in total. The lowest BCUT2D eigenvalue weighted by atomic mass is 10.0. The lowest BCUT2D eigenvalue weighted by molar-refractivity contribution is 0.0578. The second-order valence-corrected chi connectivity index (χ2v) is 10.1. The normalized spacial score (nSPS) is 13.2. The Hall–Kier alpha value is -4.14. The SMILES string of the molecule is C[C@H](COc1ccc(-c2cnc3ccc(N[C@H](C)c4cccc(F)c4)nn23)cc1)N(C(=O)O)C(C)(C)C. The van der Waals surface area contributed by atoms with Crippen LogP contribution in [0.15, 0.2) is 66.9 Å². The molecule has 0 aliphatic heterocycles. The topological polar surface area (TPSA) is 92.0 Å². The van der Waals surface area contributed by atoms with E-state index in [0.717, 1.165) is 16.8 Å². The van der Waals surface area contributed by atoms with Crippen LogP contribution in [0.3, 0.4) is 0 Å². The molecule has 2 aromatic heterocycles. The molecule has 4 rings (SSSR count). The van der Waals surface area contributed by atoms with Crippen LogP contribution in [-0.4, -0.2) is 48.9 Å². The number of aromatic nitrogens is 3. The van der Waals surface area contributed by atoms with Gasteiger partial charge in [-0.25, -0.2) is 18.7 Å². The summed E-state index contributed by atoms with van der Waals surface area (Å²) >= 11 is 0. The molecule has 9 heteroatoms. The molecular formula is C28H32FN5O3. The number of anilines is 1. The van der Waals surface area contributed by atoms with Crippen molar-refractivity contribution in [3.05, 3.63) is 78.2 Å². The smallest absolute Gasteiger partial charge is 0.408 e. The number of halogens is 1. The largest absolute Gasteiger partial charge is 0.491 e. The van der Waals surface area contributed by atoms with Gasteiger partial charge in [-0.15, -0.1) is 5.10 Å². The Morgan fingerprint density at radius 2 is 1.86 bits per heavy atom. The number of ether oxygens (including phenoxy) is 1. The molecule has 0 saturated heterocycles. The minimum atomic E-state index is -0.974. The molecule has 2 atom stereocenters. The van der Waals surface area contributed by atoms with Crippen molar-refractivity contribution in [3.8, 4) is 17.0 Å². The van der Waals surface area contributed by atoms with Gasteiger partial charge in [0, 0.05) is 11.1 Å². The maximum Gasteiger partial charge on any atom is 0.408 e. The Morgan fingerprint density at radius 3 is 2.51 bits per heavy atom. The number of hydrogen-bond acceptors (Lipinski definition) is 5. The summed E-state index contributed by atoms with van der Waals surface area (Å²) in [4.78, 5) is 17.5. The fraction of sp³-hybridized carbons (Fsp3) is 0.321. The van der Waals surface area contributed by atoms with E-state index in [9.17, 15) is 14.3 Å². The van der Waals surface area contributed by atoms with Gasteiger partial charge in [0.25, 0.3) is 0 Å². The van der Waals surface area contributed by atoms with E-state index in [1.807, 2.05) is 77.1 Å². The van der Waals surface area contributed by atoms with Crippen molar-refractivity contribution in [2.24, 2.45) is 0 Å². The van der Waals surface area contributed by atoms with E-state index < -0.39 is 11.6 Å². The van der Waals surface area contributed by atoms with Crippen LogP contribution in [0.25, 0.3) is 16.9 Å². The van der Waals surface area contributed by atoms with E-state index in [4.69, 9.17) is 9.84 Å². The molecule has 0 aliphatic carbocycles. The highest BCUT2D eigenvalue weighted by Gasteiger charge is 2.31. The maximum atomic E-state index is 13.6. The number of nitrogens with one attached hydrogen (secondary N) is 1. The fourth-order valence-corrected chi connectivity index (χ4v) is 4.38. The lowest BCUT2D eigenvalue weighted by Gasteiger charge is -2.37. The van der Waals surface area contributed by atoms with Crippen LogP contribution >= 0.6 is 0 Å². The summed E-state index contributed by atoms with van der Waals surface area (Å²) in [7, 11) is 0. The van der Waals surface area contributed by atoms with Crippen LogP contribution in [0.5, 0.6) is 5.75 Å². The number of fused-ring (bicyclic) bond motifs is 1. The maximum absolute atomic E-state index is 13.6. The van der Waals surface area contributed by atoms with Gasteiger partial charge in [-0.05, 0) is 88.7 Å². The monoisotopic (exact) mass is 505 g/mol. The van der Waals surface area contributed by atoms with E-state index >= 15 is 0 Å². The van der Waals surface area contributed by atoms with Crippen LogP contribution in [-0.2, 0) is 0 Å². The highest BCUT2D eigenvalue weighted by molar-refractivity contribution is 5.66. The summed E-state index contributed by atoms with van der Waals surface area (Å²) in [6.45, 7) is 9.60. The zero-order chi connectivity index (χ0) is 26.7. The number of benzene rings is 2. The molecule has 0 unspecified atom stereocenters. The molecule has 194 valence electrons. The average molecular weight is 506 g/mol. The summed E-state index contributed by atoms with van der Waals surface area (Å²) in [6.07, 6.45) is 0.784. The number of hydrogen-bond donors (Lipinski definition) is 2. The van der Waals surface area contributed by atoms with E-state index in [0.29, 0.717) is 17.2 Å². The van der Waals surface area contributed by atoms with Gasteiger partial charge in [0.1, 0.15) is 24.0 Å². The Balaban J connectivity index is 1.48. The molecule has 0 spiro atoms. The third kappa shape index (κ3) is 5.99. The first kappa shape index (κ1) is 25.9. The lowest BCUT2D eigenvalue weighted by Crippen LogP contribution is -2.52. The second-order valence-electron chi connectivity index (χ2n) is 10.1. The Morgan fingerprint density at radius 1 is 1.14 bits per heavy atom. The molecule has 0 fully saturated rings. The van der Waals surface area contributed by atoms with Crippen LogP contribution in [0, 0.1) is 5.82 Å². The van der Waals surface area contributed by atoms with Crippen molar-refractivity contribution in [2.45, 2.75) is 52.2 Å². The fourth-order valence-electron chi connectivity index (χ4n) is 4.38. The molecule has 2 N–H and O–H groups in total. The molecule has 37 heavy (non-hydrogen) atoms. The number of imidazole rings is 1. The number of amides is 1. The van der Waals surface area contributed by atoms with Gasteiger partial charge in [0.05, 0.1) is 24.0 Å². The minimum Gasteiger partial charge on any atom is -0.491 e. The second kappa shape index (κ2) is 10.5. The molecule has 0 aliphatic rings. The van der Waals surface area contributed by atoms with Gasteiger partial charge in [-0.3, -0.25) is 4.90 Å². The Bertz CT molecular complexity index is 1380. The van der Waals surface area contributed by atoms with E-state index in [2.05, 4.69) is 10.3 Å². The number of carboxylic acid groups (broad SMARTS) is 1. The van der Waals surface area contributed by atoms with Crippen LogP contribution in [0.2, 0.25) is 0 Å². The summed E-state index contributed by atoms with van der Waals surface area (Å²) < 4.78 is 21.3. The van der Waals surface area contributed by atoms with Crippen molar-refractivity contribution in [1.29, 1.82) is 0 Å². The highest BCUT2D eigenvalue weighted by atomic mass is 19.1. The first-order valence-electron chi connectivity index (χ1n) is 12.1. The zero-order valence-electron chi connectivity index (χ0n) is 21.6. The third-order valence-electron chi connectivity index (χ3n) is 6.09. The van der Waals surface area contributed by atoms with Crippen molar-refractivity contribution >= 4 is 17.6 Å². The molecule has 0 bridgehead atoms. The van der Waals surface area contributed by atoms with Gasteiger partial charge in [-0.2, -0.15) is 0 Å². The first-order valence-corrected chi connectivity index (χ1v) is 12.1. The molecule has 4 aromatic rings. The molecule has 0 radical (unpaired) electrons. The highest BCUT2D eigenvalue weighted by Crippen LogP contribution is 2.25. The van der Waals surface area contributed by atoms with E-state index in [1.165, 1.54) is 17.0 Å². The minimum absolute atomic E-state index is 0.137. The van der Waals surface area contributed by atoms with Crippen molar-refractivity contribution in [2.75, 3.05) is 11.9 Å². The number of carbonyl (C=O) groups is 1. The third-order valence-corrected chi connectivity index (χ3v) is 6.09. The molecule has 2 aromatic carbocycles. The van der Waals surface area contributed by atoms with Gasteiger partial charge in [0.2, 0.25) is 0 Å². The Labute approximate surface area is 215 Å². The van der Waals surface area contributed by atoms with Crippen molar-refractivity contribution in [1.82, 2.24) is 19.5 Å². The predicted octanol–water partition coefficient (Wildman–Crippen LogP) is 6.25. The summed E-state index contributed by atoms with van der Waals surface area (Å²) in [5, 5.41) is 17.6. The number of nitrogens with zero attached hydrogens (tertiary/aromatic N) is 4. The molecular weight excluding hydrogens is 473 g/mol. The van der Waals surface area contributed by atoms with Gasteiger partial charge < -0.3 is 15.2 Å². The van der Waals surface area contributed by atoms with Crippen molar-refractivity contribution < 1.29 is 19.0 Å². The van der Waals surface area contributed by atoms with E-state index in [1.54, 1.807) is 16.8 Å². The zero-order valence-corrected chi connectivity index (χ0v) is 21.6. The van der Waals surface area contributed by atoms with Crippen LogP contribution in [0.1, 0.15) is 46.2 Å². The van der Waals surface area contributed by atoms with Gasteiger partial charge in [-0.1, -0.05) is 12.1 Å². The van der Waals surface area contributed by atoms with Crippen molar-refractivity contribution in [3.63, 3.8) is 0 Å². The number of rotatable bonds is 8. The van der Waals surface area contributed by atoms with Gasteiger partial charge >= 0.3 is 6.09 Å². The van der Waals surface area contributed by atoms with Crippen LogP contribution < -0.4 is 10.1 Å².